The van der Waals surface area contributed by atoms with Gasteiger partial charge in [0.05, 0.1) is 4.90 Å². The highest BCUT2D eigenvalue weighted by atomic mass is 32.2. The van der Waals surface area contributed by atoms with E-state index in [2.05, 4.69) is 5.32 Å². The highest BCUT2D eigenvalue weighted by Crippen LogP contribution is 2.20. The Bertz CT molecular complexity index is 843. The number of amides is 2. The van der Waals surface area contributed by atoms with Crippen molar-refractivity contribution in [1.29, 1.82) is 0 Å². The van der Waals surface area contributed by atoms with Crippen LogP contribution in [0.5, 0.6) is 0 Å². The highest BCUT2D eigenvalue weighted by molar-refractivity contribution is 7.90. The minimum Gasteiger partial charge on any atom is -0.318 e. The van der Waals surface area contributed by atoms with Gasteiger partial charge in [0.15, 0.2) is 0 Å². The van der Waals surface area contributed by atoms with E-state index in [0.29, 0.717) is 0 Å². The molecule has 1 aliphatic heterocycles. The number of carbonyl (C=O) groups excluding carboxylic acids is 2. The zero-order valence-corrected chi connectivity index (χ0v) is 15.1. The summed E-state index contributed by atoms with van der Waals surface area (Å²) < 4.78 is 63.0. The average molecular weight is 405 g/mol. The van der Waals surface area contributed by atoms with Crippen molar-refractivity contribution in [3.8, 4) is 0 Å². The molecule has 0 radical (unpaired) electrons. The van der Waals surface area contributed by atoms with E-state index in [1.165, 1.54) is 6.92 Å². The molecule has 1 atom stereocenters. The zero-order chi connectivity index (χ0) is 20.2. The molecule has 0 aliphatic carbocycles. The van der Waals surface area contributed by atoms with Crippen molar-refractivity contribution < 1.29 is 31.2 Å². The van der Waals surface area contributed by atoms with Crippen molar-refractivity contribution in [2.45, 2.75) is 36.9 Å². The minimum atomic E-state index is -5.06. The van der Waals surface area contributed by atoms with Crippen LogP contribution in [0.2, 0.25) is 0 Å². The summed E-state index contributed by atoms with van der Waals surface area (Å²) in [6.45, 7) is 2.31. The summed E-state index contributed by atoms with van der Waals surface area (Å²) in [6.07, 6.45) is -1.60. The van der Waals surface area contributed by atoms with Crippen LogP contribution in [0, 0.1) is 0 Å². The third-order valence-electron chi connectivity index (χ3n) is 3.81. The van der Waals surface area contributed by atoms with Gasteiger partial charge in [0.25, 0.3) is 15.9 Å². The molecule has 0 unspecified atom stereocenters. The van der Waals surface area contributed by atoms with E-state index in [4.69, 9.17) is 0 Å². The Balaban J connectivity index is 2.05. The lowest BCUT2D eigenvalue weighted by molar-refractivity contribution is -0.167. The molecular formula is C16H18F3N3O4S. The maximum absolute atomic E-state index is 12.2. The van der Waals surface area contributed by atoms with Crippen LogP contribution < -0.4 is 15.4 Å². The van der Waals surface area contributed by atoms with Gasteiger partial charge in [-0.1, -0.05) is 6.08 Å². The number of hydrogen-bond donors (Lipinski definition) is 3. The van der Waals surface area contributed by atoms with E-state index >= 15 is 0 Å². The summed E-state index contributed by atoms with van der Waals surface area (Å²) in [5.41, 5.74) is -0.00183. The van der Waals surface area contributed by atoms with Gasteiger partial charge >= 0.3 is 12.1 Å². The molecule has 0 bridgehead atoms. The molecule has 2 rings (SSSR count). The first-order valence-electron chi connectivity index (χ1n) is 7.96. The monoisotopic (exact) mass is 405 g/mol. The summed E-state index contributed by atoms with van der Waals surface area (Å²) in [5.74, 6) is -2.97. The molecule has 1 saturated heterocycles. The van der Waals surface area contributed by atoms with E-state index in [-0.39, 0.29) is 22.2 Å². The number of rotatable bonds is 5. The zero-order valence-electron chi connectivity index (χ0n) is 14.3. The Hall–Kier alpha value is -2.40. The van der Waals surface area contributed by atoms with E-state index < -0.39 is 28.0 Å². The Labute approximate surface area is 154 Å². The van der Waals surface area contributed by atoms with E-state index in [0.717, 1.165) is 43.7 Å². The number of hydrogen-bond acceptors (Lipinski definition) is 5. The molecule has 1 aliphatic rings. The molecule has 1 aromatic carbocycles. The average Bonchev–Trinajstić information content (AvgIpc) is 3.07. The molecule has 0 aromatic heterocycles. The number of halogens is 3. The van der Waals surface area contributed by atoms with Crippen LogP contribution in [-0.2, 0) is 19.6 Å². The Kier molecular flexibility index (Phi) is 6.26. The van der Waals surface area contributed by atoms with E-state index in [1.807, 2.05) is 4.72 Å². The summed E-state index contributed by atoms with van der Waals surface area (Å²) in [6, 6.07) is 3.97. The van der Waals surface area contributed by atoms with Gasteiger partial charge in [-0.25, -0.2) is 13.1 Å². The molecule has 1 aromatic rings. The van der Waals surface area contributed by atoms with Gasteiger partial charge in [-0.2, -0.15) is 13.2 Å². The lowest BCUT2D eigenvalue weighted by Crippen LogP contribution is -2.32. The van der Waals surface area contributed by atoms with Crippen molar-refractivity contribution in [3.63, 3.8) is 0 Å². The predicted molar refractivity (Wildman–Crippen MR) is 91.2 cm³/mol. The summed E-state index contributed by atoms with van der Waals surface area (Å²) in [4.78, 5) is 22.6. The highest BCUT2D eigenvalue weighted by Gasteiger charge is 2.38. The largest absolute Gasteiger partial charge is 0.471 e. The molecule has 0 spiro atoms. The number of carbonyl (C=O) groups is 2. The Morgan fingerprint density at radius 2 is 1.85 bits per heavy atom. The molecule has 148 valence electrons. The molecule has 3 N–H and O–H groups in total. The van der Waals surface area contributed by atoms with Gasteiger partial charge in [-0.15, -0.1) is 0 Å². The number of alkyl halides is 3. The third-order valence-corrected chi connectivity index (χ3v) is 5.16. The molecule has 0 saturated carbocycles. The molecule has 1 heterocycles. The quantitative estimate of drug-likeness (QED) is 0.647. The van der Waals surface area contributed by atoms with Crippen LogP contribution in [0.3, 0.4) is 0 Å². The molecule has 1 fully saturated rings. The third kappa shape index (κ3) is 5.79. The normalized spacial score (nSPS) is 18.2. The summed E-state index contributed by atoms with van der Waals surface area (Å²) in [7, 11) is -4.21. The summed E-state index contributed by atoms with van der Waals surface area (Å²) >= 11 is 0. The maximum Gasteiger partial charge on any atom is 0.471 e. The first-order valence-corrected chi connectivity index (χ1v) is 9.44. The molecule has 27 heavy (non-hydrogen) atoms. The topological polar surface area (TPSA) is 104 Å². The van der Waals surface area contributed by atoms with Gasteiger partial charge in [0, 0.05) is 17.3 Å². The van der Waals surface area contributed by atoms with Crippen molar-refractivity contribution >= 4 is 27.5 Å². The fourth-order valence-electron chi connectivity index (χ4n) is 2.41. The van der Waals surface area contributed by atoms with Crippen LogP contribution in [0.25, 0.3) is 0 Å². The van der Waals surface area contributed by atoms with E-state index in [9.17, 15) is 31.2 Å². The van der Waals surface area contributed by atoms with Crippen LogP contribution in [0.4, 0.5) is 18.9 Å². The Morgan fingerprint density at radius 1 is 1.22 bits per heavy atom. The molecular weight excluding hydrogens is 387 g/mol. The van der Waals surface area contributed by atoms with E-state index in [1.54, 1.807) is 11.4 Å². The van der Waals surface area contributed by atoms with Gasteiger partial charge in [-0.3, -0.25) is 9.59 Å². The van der Waals surface area contributed by atoms with Crippen molar-refractivity contribution in [2.75, 3.05) is 11.9 Å². The van der Waals surface area contributed by atoms with Crippen LogP contribution in [0.1, 0.15) is 19.8 Å². The van der Waals surface area contributed by atoms with Gasteiger partial charge in [0.1, 0.15) is 0 Å². The second-order valence-corrected chi connectivity index (χ2v) is 7.65. The number of benzene rings is 1. The van der Waals surface area contributed by atoms with Gasteiger partial charge in [0.2, 0.25) is 0 Å². The number of nitrogens with one attached hydrogen (secondary N) is 3. The number of anilines is 1. The fourth-order valence-corrected chi connectivity index (χ4v) is 3.43. The Morgan fingerprint density at radius 3 is 2.37 bits per heavy atom. The van der Waals surface area contributed by atoms with Gasteiger partial charge < -0.3 is 10.6 Å². The molecule has 11 heteroatoms. The van der Waals surface area contributed by atoms with Crippen molar-refractivity contribution in [1.82, 2.24) is 10.0 Å². The van der Waals surface area contributed by atoms with Crippen LogP contribution in [0.15, 0.2) is 40.8 Å². The SMILES string of the molecule is C/C(=C\[C@@H]1CCCN1)C(=O)NS(=O)(=O)c1ccc(NC(=O)C(F)(F)F)cc1. The predicted octanol–water partition coefficient (Wildman–Crippen LogP) is 1.69. The maximum atomic E-state index is 12.2. The molecule has 7 nitrogen and oxygen atoms in total. The van der Waals surface area contributed by atoms with Crippen molar-refractivity contribution in [2.24, 2.45) is 0 Å². The fraction of sp³-hybridized carbons (Fsp3) is 0.375. The second kappa shape index (κ2) is 8.09. The lowest BCUT2D eigenvalue weighted by atomic mass is 10.1. The second-order valence-electron chi connectivity index (χ2n) is 5.96. The van der Waals surface area contributed by atoms with Crippen molar-refractivity contribution in [3.05, 3.63) is 35.9 Å². The minimum absolute atomic E-state index is 0.00924. The van der Waals surface area contributed by atoms with Crippen LogP contribution in [-0.4, -0.2) is 39.0 Å². The first kappa shape index (κ1) is 20.9. The molecule has 2 amide bonds. The number of sulfonamides is 1. The lowest BCUT2D eigenvalue weighted by Gasteiger charge is -2.11. The smallest absolute Gasteiger partial charge is 0.318 e. The standard InChI is InChI=1S/C16H18F3N3O4S/c1-10(9-12-3-2-8-20-12)14(23)22-27(25,26)13-6-4-11(5-7-13)21-15(24)16(17,18)19/h4-7,9,12,20H,2-3,8H2,1H3,(H,21,24)(H,22,23)/b10-9+/t12-/m0/s1. The summed E-state index contributed by atoms with van der Waals surface area (Å²) in [5, 5.41) is 4.75. The van der Waals surface area contributed by atoms with Crippen LogP contribution >= 0.6 is 0 Å². The van der Waals surface area contributed by atoms with Gasteiger partial charge in [-0.05, 0) is 50.6 Å². The first-order chi connectivity index (χ1) is 12.5.